The first-order valence-corrected chi connectivity index (χ1v) is 13.0. The number of carbonyl (C=O) groups excluding carboxylic acids is 2. The maximum Gasteiger partial charge on any atom is 0.263 e. The number of pyridine rings is 1. The van der Waals surface area contributed by atoms with Gasteiger partial charge in [0.25, 0.3) is 5.91 Å². The second-order valence-corrected chi connectivity index (χ2v) is 10.1. The average Bonchev–Trinajstić information content (AvgIpc) is 3.23. The van der Waals surface area contributed by atoms with Crippen molar-refractivity contribution in [2.75, 3.05) is 68.4 Å². The number of rotatable bonds is 5. The summed E-state index contributed by atoms with van der Waals surface area (Å²) >= 11 is 0. The van der Waals surface area contributed by atoms with Crippen LogP contribution in [0.3, 0.4) is 0 Å². The number of aromatic nitrogens is 4. The van der Waals surface area contributed by atoms with Gasteiger partial charge in [-0.25, -0.2) is 18.3 Å². The maximum atomic E-state index is 15.0. The predicted molar refractivity (Wildman–Crippen MR) is 137 cm³/mol. The van der Waals surface area contributed by atoms with Crippen molar-refractivity contribution >= 4 is 34.7 Å². The molecule has 0 atom stereocenters. The van der Waals surface area contributed by atoms with E-state index in [0.717, 1.165) is 62.3 Å². The van der Waals surface area contributed by atoms with Crippen molar-refractivity contribution in [1.82, 2.24) is 29.4 Å². The molecule has 3 aromatic rings. The van der Waals surface area contributed by atoms with Crippen molar-refractivity contribution < 1.29 is 23.1 Å². The molecule has 12 nitrogen and oxygen atoms in total. The minimum Gasteiger partial charge on any atom is -0.381 e. The zero-order valence-electron chi connectivity index (χ0n) is 21.2. The molecule has 3 aliphatic rings. The van der Waals surface area contributed by atoms with Crippen molar-refractivity contribution in [1.29, 1.82) is 0 Å². The summed E-state index contributed by atoms with van der Waals surface area (Å²) in [5.41, 5.74) is 6.23. The van der Waals surface area contributed by atoms with Crippen LogP contribution in [0.25, 0.3) is 5.65 Å². The van der Waals surface area contributed by atoms with E-state index in [9.17, 15) is 14.0 Å². The van der Waals surface area contributed by atoms with Crippen LogP contribution in [0.15, 0.2) is 24.8 Å². The number of likely N-dealkylation sites (tertiary alicyclic amines) is 1. The molecule has 14 heteroatoms. The number of hydrogen-bond donors (Lipinski definition) is 2. The van der Waals surface area contributed by atoms with Crippen molar-refractivity contribution in [2.24, 2.45) is 5.92 Å². The molecule has 0 aromatic carbocycles. The third-order valence-electron chi connectivity index (χ3n) is 7.74. The number of nitrogen functional groups attached to an aromatic ring is 1. The minimum atomic E-state index is -0.677. The molecule has 3 aliphatic heterocycles. The van der Waals surface area contributed by atoms with Gasteiger partial charge in [-0.05, 0) is 25.9 Å². The van der Waals surface area contributed by atoms with Crippen LogP contribution in [0.1, 0.15) is 23.2 Å². The van der Waals surface area contributed by atoms with Crippen molar-refractivity contribution in [3.63, 3.8) is 0 Å². The number of nitrogens with two attached hydrogens (primary N) is 1. The normalized spacial score (nSPS) is 19.3. The van der Waals surface area contributed by atoms with Crippen molar-refractivity contribution in [3.05, 3.63) is 42.0 Å². The molecule has 3 aromatic heterocycles. The summed E-state index contributed by atoms with van der Waals surface area (Å²) in [6.45, 7) is 5.04. The molecule has 2 amide bonds. The van der Waals surface area contributed by atoms with Gasteiger partial charge in [-0.1, -0.05) is 0 Å². The number of nitrogens with zero attached hydrogens (tertiary/aromatic N) is 7. The largest absolute Gasteiger partial charge is 0.381 e. The Balaban J connectivity index is 1.12. The number of nitrogens with one attached hydrogen (secondary N) is 1. The van der Waals surface area contributed by atoms with E-state index in [1.807, 2.05) is 4.90 Å². The molecule has 3 N–H and O–H groups in total. The Kier molecular flexibility index (Phi) is 6.73. The van der Waals surface area contributed by atoms with E-state index in [1.54, 1.807) is 4.90 Å². The second-order valence-electron chi connectivity index (χ2n) is 10.1. The number of ether oxygens (including phenoxy) is 1. The highest BCUT2D eigenvalue weighted by atomic mass is 19.1. The van der Waals surface area contributed by atoms with Crippen LogP contribution >= 0.6 is 0 Å². The summed E-state index contributed by atoms with van der Waals surface area (Å²) in [6.07, 6.45) is 6.10. The third-order valence-corrected chi connectivity index (χ3v) is 7.74. The first-order valence-electron chi connectivity index (χ1n) is 13.0. The number of halogens is 2. The molecule has 0 bridgehead atoms. The fourth-order valence-corrected chi connectivity index (χ4v) is 5.53. The van der Waals surface area contributed by atoms with Crippen LogP contribution in [0, 0.1) is 17.6 Å². The van der Waals surface area contributed by atoms with E-state index in [2.05, 4.69) is 25.3 Å². The Labute approximate surface area is 222 Å². The lowest BCUT2D eigenvalue weighted by Crippen LogP contribution is -2.55. The van der Waals surface area contributed by atoms with E-state index in [4.69, 9.17) is 10.5 Å². The summed E-state index contributed by atoms with van der Waals surface area (Å²) < 4.78 is 34.9. The van der Waals surface area contributed by atoms with Gasteiger partial charge in [-0.3, -0.25) is 19.5 Å². The molecule has 6 rings (SSSR count). The van der Waals surface area contributed by atoms with E-state index < -0.39 is 17.5 Å². The molecule has 0 saturated carbocycles. The van der Waals surface area contributed by atoms with E-state index >= 15 is 4.39 Å². The molecule has 0 unspecified atom stereocenters. The smallest absolute Gasteiger partial charge is 0.263 e. The SMILES string of the molecule is Nc1nn2cc(F)cnc2c1C(=O)Nc1cncc(F)c1N1CCN(C(=O)C2CCN(C3COC3)CC2)CC1. The standard InChI is InChI=1S/C25H29F2N9O3/c26-16-9-30-23-20(22(28)32-36(23)12-16)24(37)31-19-11-29-10-18(27)21(19)34-5-7-35(8-6-34)25(38)15-1-3-33(4-2-15)17-13-39-14-17/h9-12,15,17H,1-8,13-14H2,(H2,28,32)(H,31,37). The van der Waals surface area contributed by atoms with Crippen LogP contribution < -0.4 is 16.0 Å². The number of piperidine rings is 1. The van der Waals surface area contributed by atoms with Gasteiger partial charge >= 0.3 is 0 Å². The zero-order chi connectivity index (χ0) is 27.1. The van der Waals surface area contributed by atoms with Gasteiger partial charge in [0.2, 0.25) is 5.91 Å². The molecule has 3 saturated heterocycles. The van der Waals surface area contributed by atoms with Crippen LogP contribution in [-0.4, -0.2) is 99.7 Å². The highest BCUT2D eigenvalue weighted by molar-refractivity contribution is 6.12. The number of piperazine rings is 1. The number of fused-ring (bicyclic) bond motifs is 1. The van der Waals surface area contributed by atoms with Crippen molar-refractivity contribution in [2.45, 2.75) is 18.9 Å². The average molecular weight is 542 g/mol. The lowest BCUT2D eigenvalue weighted by Gasteiger charge is -2.43. The maximum absolute atomic E-state index is 15.0. The van der Waals surface area contributed by atoms with E-state index in [1.165, 1.54) is 6.20 Å². The first-order chi connectivity index (χ1) is 18.9. The van der Waals surface area contributed by atoms with E-state index in [-0.39, 0.29) is 40.2 Å². The lowest BCUT2D eigenvalue weighted by molar-refractivity contribution is -0.138. The Morgan fingerprint density at radius 3 is 2.46 bits per heavy atom. The van der Waals surface area contributed by atoms with Crippen LogP contribution in [0.5, 0.6) is 0 Å². The van der Waals surface area contributed by atoms with Gasteiger partial charge in [-0.15, -0.1) is 5.10 Å². The predicted octanol–water partition coefficient (Wildman–Crippen LogP) is 0.996. The topological polar surface area (TPSA) is 134 Å². The van der Waals surface area contributed by atoms with Crippen molar-refractivity contribution in [3.8, 4) is 0 Å². The van der Waals surface area contributed by atoms with Gasteiger partial charge in [0, 0.05) is 32.1 Å². The highest BCUT2D eigenvalue weighted by Gasteiger charge is 2.35. The quantitative estimate of drug-likeness (QED) is 0.485. The third kappa shape index (κ3) is 4.85. The van der Waals surface area contributed by atoms with Gasteiger partial charge in [-0.2, -0.15) is 0 Å². The second kappa shape index (κ2) is 10.3. The molecule has 0 spiro atoms. The van der Waals surface area contributed by atoms with E-state index in [0.29, 0.717) is 32.2 Å². The van der Waals surface area contributed by atoms with Gasteiger partial charge < -0.3 is 25.6 Å². The molecule has 39 heavy (non-hydrogen) atoms. The molecule has 6 heterocycles. The fraction of sp³-hybridized carbons (Fsp3) is 0.480. The lowest BCUT2D eigenvalue weighted by atomic mass is 9.93. The Morgan fingerprint density at radius 2 is 1.77 bits per heavy atom. The number of carbonyl (C=O) groups is 2. The van der Waals surface area contributed by atoms with Gasteiger partial charge in [0.15, 0.2) is 23.1 Å². The van der Waals surface area contributed by atoms with Gasteiger partial charge in [0.1, 0.15) is 11.3 Å². The molecular formula is C25H29F2N9O3. The summed E-state index contributed by atoms with van der Waals surface area (Å²) in [6, 6.07) is 0.484. The summed E-state index contributed by atoms with van der Waals surface area (Å²) in [5.74, 6) is -1.91. The molecular weight excluding hydrogens is 512 g/mol. The molecule has 3 fully saturated rings. The fourth-order valence-electron chi connectivity index (χ4n) is 5.53. The molecule has 0 aliphatic carbocycles. The summed E-state index contributed by atoms with van der Waals surface area (Å²) in [5, 5.41) is 6.60. The Morgan fingerprint density at radius 1 is 1.03 bits per heavy atom. The van der Waals surface area contributed by atoms with Crippen LogP contribution in [0.2, 0.25) is 0 Å². The molecule has 206 valence electrons. The van der Waals surface area contributed by atoms with Gasteiger partial charge in [0.05, 0.1) is 49.7 Å². The summed E-state index contributed by atoms with van der Waals surface area (Å²) in [4.78, 5) is 40.2. The molecule has 0 radical (unpaired) electrons. The Bertz CT molecular complexity index is 1400. The number of anilines is 3. The highest BCUT2D eigenvalue weighted by Crippen LogP contribution is 2.31. The Hall–Kier alpha value is -3.91. The van der Waals surface area contributed by atoms with Crippen LogP contribution in [-0.2, 0) is 9.53 Å². The minimum absolute atomic E-state index is 0.000281. The summed E-state index contributed by atoms with van der Waals surface area (Å²) in [7, 11) is 0. The first kappa shape index (κ1) is 25.4. The number of amides is 2. The van der Waals surface area contributed by atoms with Crippen LogP contribution in [0.4, 0.5) is 26.0 Å². The zero-order valence-corrected chi connectivity index (χ0v) is 21.2. The monoisotopic (exact) mass is 541 g/mol. The number of hydrogen-bond acceptors (Lipinski definition) is 9.